The quantitative estimate of drug-likeness (QED) is 0.911. The van der Waals surface area contributed by atoms with E-state index >= 15 is 0 Å². The number of methoxy groups -OCH3 is 1. The number of rotatable bonds is 4. The number of benzene rings is 2. The van der Waals surface area contributed by atoms with Crippen molar-refractivity contribution < 1.29 is 4.74 Å². The van der Waals surface area contributed by atoms with E-state index in [0.29, 0.717) is 0 Å². The van der Waals surface area contributed by atoms with Crippen molar-refractivity contribution >= 4 is 0 Å². The average Bonchev–Trinajstić information content (AvgIpc) is 3.06. The lowest BCUT2D eigenvalue weighted by molar-refractivity contribution is 0.356. The van der Waals surface area contributed by atoms with Gasteiger partial charge >= 0.3 is 0 Å². The van der Waals surface area contributed by atoms with Crippen molar-refractivity contribution in [2.24, 2.45) is 5.73 Å². The minimum atomic E-state index is 0.0355. The molecular formula is C19H23NO. The largest absolute Gasteiger partial charge is 0.497 e. The summed E-state index contributed by atoms with van der Waals surface area (Å²) < 4.78 is 5.24. The van der Waals surface area contributed by atoms with Gasteiger partial charge in [-0.25, -0.2) is 0 Å². The minimum absolute atomic E-state index is 0.0355. The molecule has 1 unspecified atom stereocenters. The van der Waals surface area contributed by atoms with Gasteiger partial charge in [0.05, 0.1) is 7.11 Å². The molecule has 0 spiro atoms. The maximum atomic E-state index is 6.72. The molecule has 1 fully saturated rings. The van der Waals surface area contributed by atoms with Crippen LogP contribution in [0.15, 0.2) is 54.6 Å². The first-order valence-corrected chi connectivity index (χ1v) is 7.71. The Balaban J connectivity index is 1.97. The lowest BCUT2D eigenvalue weighted by atomic mass is 9.71. The number of ether oxygens (including phenoxy) is 1. The lowest BCUT2D eigenvalue weighted by Crippen LogP contribution is -2.36. The highest BCUT2D eigenvalue weighted by molar-refractivity contribution is 5.36. The number of hydrogen-bond acceptors (Lipinski definition) is 2. The molecule has 0 heterocycles. The zero-order valence-corrected chi connectivity index (χ0v) is 12.6. The molecule has 0 aliphatic heterocycles. The average molecular weight is 281 g/mol. The summed E-state index contributed by atoms with van der Waals surface area (Å²) in [5.74, 6) is 0.881. The molecule has 0 saturated heterocycles. The summed E-state index contributed by atoms with van der Waals surface area (Å²) >= 11 is 0. The number of hydrogen-bond donors (Lipinski definition) is 1. The predicted octanol–water partition coefficient (Wildman–Crippen LogP) is 4.21. The molecule has 2 nitrogen and oxygen atoms in total. The summed E-state index contributed by atoms with van der Waals surface area (Å²) in [5, 5.41) is 0. The van der Waals surface area contributed by atoms with E-state index in [-0.39, 0.29) is 11.5 Å². The Morgan fingerprint density at radius 3 is 2.14 bits per heavy atom. The normalized spacial score (nSPS) is 18.4. The molecule has 1 atom stereocenters. The molecule has 21 heavy (non-hydrogen) atoms. The van der Waals surface area contributed by atoms with Crippen molar-refractivity contribution in [2.45, 2.75) is 37.1 Å². The van der Waals surface area contributed by atoms with E-state index in [0.717, 1.165) is 5.75 Å². The van der Waals surface area contributed by atoms with Gasteiger partial charge in [-0.2, -0.15) is 0 Å². The zero-order chi connectivity index (χ0) is 14.7. The van der Waals surface area contributed by atoms with Gasteiger partial charge in [0.1, 0.15) is 5.75 Å². The van der Waals surface area contributed by atoms with Crippen LogP contribution in [0.2, 0.25) is 0 Å². The highest BCUT2D eigenvalue weighted by Gasteiger charge is 2.41. The van der Waals surface area contributed by atoms with Crippen LogP contribution >= 0.6 is 0 Å². The fourth-order valence-corrected chi connectivity index (χ4v) is 3.69. The van der Waals surface area contributed by atoms with Gasteiger partial charge in [0, 0.05) is 11.5 Å². The summed E-state index contributed by atoms with van der Waals surface area (Å²) in [6, 6.07) is 19.0. The van der Waals surface area contributed by atoms with Crippen molar-refractivity contribution in [1.29, 1.82) is 0 Å². The Bertz CT molecular complexity index is 570. The minimum Gasteiger partial charge on any atom is -0.497 e. The van der Waals surface area contributed by atoms with Gasteiger partial charge in [-0.3, -0.25) is 0 Å². The van der Waals surface area contributed by atoms with Crippen LogP contribution in [0, 0.1) is 0 Å². The molecule has 110 valence electrons. The van der Waals surface area contributed by atoms with E-state index in [1.54, 1.807) is 7.11 Å². The summed E-state index contributed by atoms with van der Waals surface area (Å²) in [6.07, 6.45) is 4.87. The van der Waals surface area contributed by atoms with E-state index in [9.17, 15) is 0 Å². The third-order valence-electron chi connectivity index (χ3n) is 4.91. The Labute approximate surface area is 126 Å². The van der Waals surface area contributed by atoms with Crippen molar-refractivity contribution in [3.63, 3.8) is 0 Å². The van der Waals surface area contributed by atoms with Gasteiger partial charge in [0.15, 0.2) is 0 Å². The van der Waals surface area contributed by atoms with Crippen LogP contribution in [0.3, 0.4) is 0 Å². The van der Waals surface area contributed by atoms with Crippen LogP contribution in [0.4, 0.5) is 0 Å². The highest BCUT2D eigenvalue weighted by Crippen LogP contribution is 2.48. The Kier molecular flexibility index (Phi) is 3.98. The van der Waals surface area contributed by atoms with E-state index in [1.807, 2.05) is 12.1 Å². The second kappa shape index (κ2) is 5.90. The van der Waals surface area contributed by atoms with Gasteiger partial charge in [0.25, 0.3) is 0 Å². The Hall–Kier alpha value is -1.80. The summed E-state index contributed by atoms with van der Waals surface area (Å²) in [4.78, 5) is 0. The molecule has 0 aromatic heterocycles. The molecule has 2 aromatic rings. The second-order valence-electron chi connectivity index (χ2n) is 5.98. The molecule has 1 saturated carbocycles. The molecule has 2 N–H and O–H groups in total. The van der Waals surface area contributed by atoms with Gasteiger partial charge < -0.3 is 10.5 Å². The Morgan fingerprint density at radius 1 is 0.952 bits per heavy atom. The fourth-order valence-electron chi connectivity index (χ4n) is 3.69. The second-order valence-corrected chi connectivity index (χ2v) is 5.98. The van der Waals surface area contributed by atoms with Gasteiger partial charge in [0.2, 0.25) is 0 Å². The third-order valence-corrected chi connectivity index (χ3v) is 4.91. The van der Waals surface area contributed by atoms with E-state index in [2.05, 4.69) is 42.5 Å². The topological polar surface area (TPSA) is 35.2 Å². The first-order chi connectivity index (χ1) is 10.3. The van der Waals surface area contributed by atoms with Crippen LogP contribution < -0.4 is 10.5 Å². The summed E-state index contributed by atoms with van der Waals surface area (Å²) in [5.41, 5.74) is 9.37. The van der Waals surface area contributed by atoms with Crippen molar-refractivity contribution in [1.82, 2.24) is 0 Å². The van der Waals surface area contributed by atoms with Crippen molar-refractivity contribution in [3.05, 3.63) is 65.7 Å². The lowest BCUT2D eigenvalue weighted by Gasteiger charge is -2.36. The van der Waals surface area contributed by atoms with Gasteiger partial charge in [-0.15, -0.1) is 0 Å². The Morgan fingerprint density at radius 2 is 1.57 bits per heavy atom. The molecule has 2 aromatic carbocycles. The van der Waals surface area contributed by atoms with Crippen LogP contribution in [0.5, 0.6) is 5.75 Å². The van der Waals surface area contributed by atoms with Crippen LogP contribution in [0.1, 0.15) is 42.9 Å². The third kappa shape index (κ3) is 2.56. The summed E-state index contributed by atoms with van der Waals surface area (Å²) in [6.45, 7) is 0. The van der Waals surface area contributed by atoms with Crippen LogP contribution in [-0.2, 0) is 5.41 Å². The van der Waals surface area contributed by atoms with Gasteiger partial charge in [-0.1, -0.05) is 55.3 Å². The molecule has 1 aliphatic rings. The smallest absolute Gasteiger partial charge is 0.118 e. The van der Waals surface area contributed by atoms with Crippen molar-refractivity contribution in [2.75, 3.05) is 7.11 Å². The number of nitrogens with two attached hydrogens (primary N) is 1. The molecule has 0 radical (unpaired) electrons. The van der Waals surface area contributed by atoms with Crippen LogP contribution in [0.25, 0.3) is 0 Å². The molecule has 2 heteroatoms. The van der Waals surface area contributed by atoms with Crippen LogP contribution in [-0.4, -0.2) is 7.11 Å². The predicted molar refractivity (Wildman–Crippen MR) is 86.5 cm³/mol. The maximum Gasteiger partial charge on any atom is 0.118 e. The van der Waals surface area contributed by atoms with E-state index in [4.69, 9.17) is 10.5 Å². The van der Waals surface area contributed by atoms with Crippen molar-refractivity contribution in [3.8, 4) is 5.75 Å². The highest BCUT2D eigenvalue weighted by atomic mass is 16.5. The zero-order valence-electron chi connectivity index (χ0n) is 12.6. The van der Waals surface area contributed by atoms with E-state index in [1.165, 1.54) is 36.8 Å². The fraction of sp³-hybridized carbons (Fsp3) is 0.368. The van der Waals surface area contributed by atoms with E-state index < -0.39 is 0 Å². The van der Waals surface area contributed by atoms with Gasteiger partial charge in [-0.05, 0) is 36.1 Å². The molecular weight excluding hydrogens is 258 g/mol. The SMILES string of the molecule is COc1ccc(C(N)C2(c3ccccc3)CCCC2)cc1. The molecule has 0 bridgehead atoms. The first-order valence-electron chi connectivity index (χ1n) is 7.71. The first kappa shape index (κ1) is 14.2. The molecule has 1 aliphatic carbocycles. The standard InChI is InChI=1S/C19H23NO/c1-21-17-11-9-15(10-12-17)18(20)19(13-5-6-14-19)16-7-3-2-4-8-16/h2-4,7-12,18H,5-6,13-14,20H2,1H3. The summed E-state index contributed by atoms with van der Waals surface area (Å²) in [7, 11) is 1.69. The molecule has 3 rings (SSSR count). The monoisotopic (exact) mass is 281 g/mol. The maximum absolute atomic E-state index is 6.72. The molecule has 0 amide bonds.